The minimum absolute atomic E-state index is 0.00615. The van der Waals surface area contributed by atoms with E-state index >= 15 is 0 Å². The molecule has 3 rings (SSSR count). The van der Waals surface area contributed by atoms with Crippen LogP contribution in [0.25, 0.3) is 0 Å². The minimum atomic E-state index is -3.48. The summed E-state index contributed by atoms with van der Waals surface area (Å²) in [4.78, 5) is 15.0. The fourth-order valence-electron chi connectivity index (χ4n) is 3.64. The van der Waals surface area contributed by atoms with Gasteiger partial charge in [0, 0.05) is 6.54 Å². The average molecular weight is 396 g/mol. The molecule has 0 aromatic heterocycles. The lowest BCUT2D eigenvalue weighted by Gasteiger charge is -2.33. The number of nitrogens with one attached hydrogen (secondary N) is 1. The van der Waals surface area contributed by atoms with Crippen LogP contribution in [0.2, 0.25) is 0 Å². The number of carbonyl (C=O) groups is 1. The van der Waals surface area contributed by atoms with Crippen LogP contribution < -0.4 is 14.4 Å². The fourth-order valence-corrected chi connectivity index (χ4v) is 4.56. The van der Waals surface area contributed by atoms with Gasteiger partial charge in [0.15, 0.2) is 6.10 Å². The van der Waals surface area contributed by atoms with E-state index < -0.39 is 16.1 Å². The van der Waals surface area contributed by atoms with Crippen LogP contribution in [0.1, 0.15) is 32.1 Å². The number of sulfonamides is 1. The largest absolute Gasteiger partial charge is 0.476 e. The molecule has 1 aromatic rings. The van der Waals surface area contributed by atoms with E-state index in [1.807, 2.05) is 0 Å². The number of fused-ring (bicyclic) bond motifs is 1. The molecule has 1 unspecified atom stereocenters. The van der Waals surface area contributed by atoms with Crippen molar-refractivity contribution in [2.24, 2.45) is 0 Å². The average Bonchev–Trinajstić information content (AvgIpc) is 2.92. The van der Waals surface area contributed by atoms with Gasteiger partial charge in [-0.2, -0.15) is 0 Å². The topological polar surface area (TPSA) is 79.0 Å². The second-order valence-electron chi connectivity index (χ2n) is 7.27. The number of rotatable bonds is 6. The van der Waals surface area contributed by atoms with E-state index in [1.54, 1.807) is 24.3 Å². The fraction of sp³-hybridized carbons (Fsp3) is 0.632. The first-order valence-electron chi connectivity index (χ1n) is 9.68. The highest BCUT2D eigenvalue weighted by atomic mass is 32.2. The monoisotopic (exact) mass is 395 g/mol. The lowest BCUT2D eigenvalue weighted by atomic mass is 10.2. The number of ether oxygens (including phenoxy) is 1. The van der Waals surface area contributed by atoms with E-state index in [4.69, 9.17) is 4.74 Å². The van der Waals surface area contributed by atoms with E-state index in [1.165, 1.54) is 30.0 Å². The van der Waals surface area contributed by atoms with Crippen LogP contribution in [-0.2, 0) is 14.8 Å². The second kappa shape index (κ2) is 8.93. The van der Waals surface area contributed by atoms with Crippen molar-refractivity contribution in [3.05, 3.63) is 24.3 Å². The van der Waals surface area contributed by atoms with Gasteiger partial charge < -0.3 is 15.0 Å². The Labute approximate surface area is 161 Å². The molecule has 1 N–H and O–H groups in total. The standard InChI is InChI=1S/C19H29N3O4S/c1-27(24,25)22-15-18(26-17-10-5-4-9-16(17)22)19(23)20-11-8-14-21-12-6-2-3-7-13-21/h4-5,9-10,18H,2-3,6-8,11-15H2,1H3,(H,20,23). The molecule has 0 bridgehead atoms. The summed E-state index contributed by atoms with van der Waals surface area (Å²) in [6.07, 6.45) is 6.31. The first-order chi connectivity index (χ1) is 12.9. The van der Waals surface area contributed by atoms with Crippen LogP contribution >= 0.6 is 0 Å². The number of hydrogen-bond donors (Lipinski definition) is 1. The van der Waals surface area contributed by atoms with Crippen molar-refractivity contribution in [2.75, 3.05) is 43.3 Å². The first kappa shape index (κ1) is 19.9. The lowest BCUT2D eigenvalue weighted by Crippen LogP contribution is -2.50. The summed E-state index contributed by atoms with van der Waals surface area (Å²) in [7, 11) is -3.48. The maximum Gasteiger partial charge on any atom is 0.263 e. The van der Waals surface area contributed by atoms with Crippen molar-refractivity contribution in [3.8, 4) is 5.75 Å². The Hall–Kier alpha value is -1.80. The summed E-state index contributed by atoms with van der Waals surface area (Å²) in [5.41, 5.74) is 0.477. The van der Waals surface area contributed by atoms with Gasteiger partial charge in [0.1, 0.15) is 5.75 Å². The van der Waals surface area contributed by atoms with Crippen LogP contribution in [0.3, 0.4) is 0 Å². The van der Waals surface area contributed by atoms with Gasteiger partial charge in [-0.15, -0.1) is 0 Å². The third-order valence-electron chi connectivity index (χ3n) is 5.08. The van der Waals surface area contributed by atoms with Gasteiger partial charge in [-0.05, 0) is 51.0 Å². The molecular weight excluding hydrogens is 366 g/mol. The van der Waals surface area contributed by atoms with Crippen molar-refractivity contribution in [1.29, 1.82) is 0 Å². The summed E-state index contributed by atoms with van der Waals surface area (Å²) in [6.45, 7) is 3.81. The van der Waals surface area contributed by atoms with E-state index in [-0.39, 0.29) is 12.5 Å². The van der Waals surface area contributed by atoms with Crippen molar-refractivity contribution in [1.82, 2.24) is 10.2 Å². The molecule has 0 aliphatic carbocycles. The Morgan fingerprint density at radius 3 is 2.59 bits per heavy atom. The van der Waals surface area contributed by atoms with Crippen LogP contribution in [0, 0.1) is 0 Å². The number of anilines is 1. The Balaban J connectivity index is 1.53. The molecule has 1 atom stereocenters. The third kappa shape index (κ3) is 5.35. The van der Waals surface area contributed by atoms with Crippen molar-refractivity contribution in [2.45, 2.75) is 38.2 Å². The number of nitrogens with zero attached hydrogens (tertiary/aromatic N) is 2. The van der Waals surface area contributed by atoms with Crippen molar-refractivity contribution in [3.63, 3.8) is 0 Å². The van der Waals surface area contributed by atoms with E-state index in [2.05, 4.69) is 10.2 Å². The number of hydrogen-bond acceptors (Lipinski definition) is 5. The van der Waals surface area contributed by atoms with Crippen molar-refractivity contribution >= 4 is 21.6 Å². The highest BCUT2D eigenvalue weighted by Crippen LogP contribution is 2.34. The predicted octanol–water partition coefficient (Wildman–Crippen LogP) is 1.60. The number of likely N-dealkylation sites (tertiary alicyclic amines) is 1. The molecule has 1 aromatic carbocycles. The summed E-state index contributed by atoms with van der Waals surface area (Å²) in [6, 6.07) is 6.89. The molecule has 0 spiro atoms. The maximum atomic E-state index is 12.5. The van der Waals surface area contributed by atoms with Gasteiger partial charge in [-0.1, -0.05) is 25.0 Å². The van der Waals surface area contributed by atoms with Gasteiger partial charge >= 0.3 is 0 Å². The highest BCUT2D eigenvalue weighted by Gasteiger charge is 2.34. The van der Waals surface area contributed by atoms with Gasteiger partial charge in [0.25, 0.3) is 5.91 Å². The molecule has 150 valence electrons. The molecule has 1 amide bonds. The third-order valence-corrected chi connectivity index (χ3v) is 6.22. The van der Waals surface area contributed by atoms with E-state index in [0.717, 1.165) is 32.3 Å². The number of carbonyl (C=O) groups excluding carboxylic acids is 1. The Kier molecular flexibility index (Phi) is 6.59. The molecule has 2 aliphatic rings. The summed E-state index contributed by atoms with van der Waals surface area (Å²) in [5.74, 6) is 0.146. The number of para-hydroxylation sites is 2. The van der Waals surface area contributed by atoms with Crippen LogP contribution in [-0.4, -0.2) is 64.3 Å². The van der Waals surface area contributed by atoms with E-state index in [9.17, 15) is 13.2 Å². The highest BCUT2D eigenvalue weighted by molar-refractivity contribution is 7.92. The molecule has 0 radical (unpaired) electrons. The van der Waals surface area contributed by atoms with Gasteiger partial charge in [-0.25, -0.2) is 8.42 Å². The zero-order chi connectivity index (χ0) is 19.3. The number of benzene rings is 1. The number of amides is 1. The van der Waals surface area contributed by atoms with E-state index in [0.29, 0.717) is 18.0 Å². The molecule has 1 saturated heterocycles. The quantitative estimate of drug-likeness (QED) is 0.740. The Morgan fingerprint density at radius 1 is 1.19 bits per heavy atom. The normalized spacial score (nSPS) is 21.1. The molecular formula is C19H29N3O4S. The van der Waals surface area contributed by atoms with Crippen LogP contribution in [0.4, 0.5) is 5.69 Å². The summed E-state index contributed by atoms with van der Waals surface area (Å²) < 4.78 is 31.2. The summed E-state index contributed by atoms with van der Waals surface area (Å²) >= 11 is 0. The Bertz CT molecular complexity index is 745. The smallest absolute Gasteiger partial charge is 0.263 e. The minimum Gasteiger partial charge on any atom is -0.476 e. The van der Waals surface area contributed by atoms with Crippen LogP contribution in [0.15, 0.2) is 24.3 Å². The first-order valence-corrected chi connectivity index (χ1v) is 11.5. The predicted molar refractivity (Wildman–Crippen MR) is 106 cm³/mol. The molecule has 8 heteroatoms. The lowest BCUT2D eigenvalue weighted by molar-refractivity contribution is -0.127. The Morgan fingerprint density at radius 2 is 1.89 bits per heavy atom. The van der Waals surface area contributed by atoms with Crippen molar-refractivity contribution < 1.29 is 17.9 Å². The SMILES string of the molecule is CS(=O)(=O)N1CC(C(=O)NCCCN2CCCCCC2)Oc2ccccc21. The molecule has 7 nitrogen and oxygen atoms in total. The summed E-state index contributed by atoms with van der Waals surface area (Å²) in [5, 5.41) is 2.90. The van der Waals surface area contributed by atoms with Gasteiger partial charge in [0.2, 0.25) is 10.0 Å². The molecule has 2 aliphatic heterocycles. The van der Waals surface area contributed by atoms with Crippen LogP contribution in [0.5, 0.6) is 5.75 Å². The molecule has 27 heavy (non-hydrogen) atoms. The molecule has 1 fully saturated rings. The van der Waals surface area contributed by atoms with Gasteiger partial charge in [0.05, 0.1) is 18.5 Å². The molecule has 2 heterocycles. The van der Waals surface area contributed by atoms with Gasteiger partial charge in [-0.3, -0.25) is 9.10 Å². The zero-order valence-electron chi connectivity index (χ0n) is 15.9. The second-order valence-corrected chi connectivity index (χ2v) is 9.18. The maximum absolute atomic E-state index is 12.5. The zero-order valence-corrected chi connectivity index (χ0v) is 16.7. The molecule has 0 saturated carbocycles.